The molecule has 0 aromatic heterocycles. The van der Waals surface area contributed by atoms with Crippen LogP contribution in [0, 0.1) is 5.92 Å². The van der Waals surface area contributed by atoms with Crippen molar-refractivity contribution in [2.24, 2.45) is 5.92 Å². The molecule has 0 bridgehead atoms. The zero-order valence-corrected chi connectivity index (χ0v) is 16.2. The molecule has 5 nitrogen and oxygen atoms in total. The van der Waals surface area contributed by atoms with E-state index in [0.717, 1.165) is 24.9 Å². The van der Waals surface area contributed by atoms with Crippen LogP contribution in [0.5, 0.6) is 5.75 Å². The first kappa shape index (κ1) is 18.5. The van der Waals surface area contributed by atoms with Crippen molar-refractivity contribution in [3.8, 4) is 5.75 Å². The molecule has 2 fully saturated rings. The molecule has 2 amide bonds. The maximum absolute atomic E-state index is 12.9. The maximum Gasteiger partial charge on any atom is 0.227 e. The van der Waals surface area contributed by atoms with Crippen LogP contribution in [0.4, 0.5) is 5.69 Å². The summed E-state index contributed by atoms with van der Waals surface area (Å²) in [7, 11) is 0. The van der Waals surface area contributed by atoms with Crippen LogP contribution in [0.1, 0.15) is 31.7 Å². The van der Waals surface area contributed by atoms with Crippen molar-refractivity contribution in [1.82, 2.24) is 5.32 Å². The van der Waals surface area contributed by atoms with E-state index in [4.69, 9.17) is 4.74 Å². The molecule has 146 valence electrons. The lowest BCUT2D eigenvalue weighted by molar-refractivity contribution is -0.127. The monoisotopic (exact) mass is 378 g/mol. The number of amides is 2. The number of nitrogens with one attached hydrogen (secondary N) is 1. The lowest BCUT2D eigenvalue weighted by atomic mass is 10.0. The summed E-state index contributed by atoms with van der Waals surface area (Å²) in [6.45, 7) is 2.85. The van der Waals surface area contributed by atoms with Crippen LogP contribution in [-0.2, 0) is 16.0 Å². The minimum Gasteiger partial charge on any atom is -0.492 e. The van der Waals surface area contributed by atoms with Crippen molar-refractivity contribution in [2.45, 2.75) is 38.1 Å². The van der Waals surface area contributed by atoms with Gasteiger partial charge in [0.25, 0.3) is 0 Å². The van der Waals surface area contributed by atoms with E-state index in [0.29, 0.717) is 18.9 Å². The molecule has 1 saturated carbocycles. The number of rotatable bonds is 7. The van der Waals surface area contributed by atoms with E-state index in [9.17, 15) is 9.59 Å². The van der Waals surface area contributed by atoms with Crippen LogP contribution in [0.2, 0.25) is 0 Å². The molecule has 2 aromatic rings. The molecule has 0 radical (unpaired) electrons. The first-order chi connectivity index (χ1) is 13.6. The molecule has 1 aliphatic heterocycles. The normalized spacial score (nSPS) is 20.1. The molecule has 2 aromatic carbocycles. The SMILES string of the molecule is CCOc1ccccc1N1C[C@H](C(=O)NC2(Cc3ccccc3)CC2)CC1=O. The molecule has 4 rings (SSSR count). The molecular formula is C23H26N2O3. The van der Waals surface area contributed by atoms with Gasteiger partial charge in [-0.3, -0.25) is 9.59 Å². The first-order valence-electron chi connectivity index (χ1n) is 9.98. The van der Waals surface area contributed by atoms with Crippen LogP contribution >= 0.6 is 0 Å². The lowest BCUT2D eigenvalue weighted by Crippen LogP contribution is -2.42. The van der Waals surface area contributed by atoms with Gasteiger partial charge in [-0.1, -0.05) is 42.5 Å². The molecule has 0 unspecified atom stereocenters. The predicted molar refractivity (Wildman–Crippen MR) is 108 cm³/mol. The smallest absolute Gasteiger partial charge is 0.227 e. The average Bonchev–Trinajstić information content (AvgIpc) is 3.33. The van der Waals surface area contributed by atoms with Crippen molar-refractivity contribution >= 4 is 17.5 Å². The Kier molecular flexibility index (Phi) is 5.07. The van der Waals surface area contributed by atoms with Crippen LogP contribution in [0.25, 0.3) is 0 Å². The molecule has 1 atom stereocenters. The van der Waals surface area contributed by atoms with Crippen molar-refractivity contribution in [2.75, 3.05) is 18.1 Å². The summed E-state index contributed by atoms with van der Waals surface area (Å²) in [6.07, 6.45) is 3.07. The van der Waals surface area contributed by atoms with Crippen LogP contribution < -0.4 is 15.0 Å². The number of para-hydroxylation sites is 2. The number of nitrogens with zero attached hydrogens (tertiary/aromatic N) is 1. The Morgan fingerprint density at radius 1 is 1.14 bits per heavy atom. The average molecular weight is 378 g/mol. The number of ether oxygens (including phenoxy) is 1. The topological polar surface area (TPSA) is 58.6 Å². The minimum atomic E-state index is -0.324. The molecule has 1 aliphatic carbocycles. The highest BCUT2D eigenvalue weighted by atomic mass is 16.5. The zero-order valence-electron chi connectivity index (χ0n) is 16.2. The van der Waals surface area contributed by atoms with E-state index in [2.05, 4.69) is 17.4 Å². The van der Waals surface area contributed by atoms with Gasteiger partial charge in [0.1, 0.15) is 5.75 Å². The fraction of sp³-hybridized carbons (Fsp3) is 0.391. The Morgan fingerprint density at radius 3 is 2.57 bits per heavy atom. The fourth-order valence-corrected chi connectivity index (χ4v) is 3.92. The van der Waals surface area contributed by atoms with Crippen molar-refractivity contribution < 1.29 is 14.3 Å². The van der Waals surface area contributed by atoms with Gasteiger partial charge in [0.05, 0.1) is 18.2 Å². The van der Waals surface area contributed by atoms with Crippen LogP contribution in [0.15, 0.2) is 54.6 Å². The predicted octanol–water partition coefficient (Wildman–Crippen LogP) is 3.33. The van der Waals surface area contributed by atoms with Crippen molar-refractivity contribution in [1.29, 1.82) is 0 Å². The summed E-state index contributed by atoms with van der Waals surface area (Å²) in [5, 5.41) is 3.24. The molecule has 1 saturated heterocycles. The molecule has 2 aliphatic rings. The van der Waals surface area contributed by atoms with E-state index in [1.54, 1.807) is 4.90 Å². The third-order valence-corrected chi connectivity index (χ3v) is 5.58. The van der Waals surface area contributed by atoms with Gasteiger partial charge < -0.3 is 15.0 Å². The standard InChI is InChI=1S/C23H26N2O3/c1-2-28-20-11-7-6-10-19(20)25-16-18(14-21(25)26)22(27)24-23(12-13-23)15-17-8-4-3-5-9-17/h3-11,18H,2,12-16H2,1H3,(H,24,27)/t18-/m1/s1. The summed E-state index contributed by atoms with van der Waals surface area (Å²) in [4.78, 5) is 27.2. The fourth-order valence-electron chi connectivity index (χ4n) is 3.92. The molecule has 5 heteroatoms. The molecular weight excluding hydrogens is 352 g/mol. The largest absolute Gasteiger partial charge is 0.492 e. The van der Waals surface area contributed by atoms with Crippen molar-refractivity contribution in [3.63, 3.8) is 0 Å². The number of hydrogen-bond acceptors (Lipinski definition) is 3. The summed E-state index contributed by atoms with van der Waals surface area (Å²) < 4.78 is 5.66. The molecule has 1 N–H and O–H groups in total. The van der Waals surface area contributed by atoms with Gasteiger partial charge in [-0.05, 0) is 43.9 Å². The van der Waals surface area contributed by atoms with Gasteiger partial charge in [0.15, 0.2) is 0 Å². The van der Waals surface area contributed by atoms with E-state index in [1.165, 1.54) is 5.56 Å². The van der Waals surface area contributed by atoms with Crippen LogP contribution in [0.3, 0.4) is 0 Å². The summed E-state index contributed by atoms with van der Waals surface area (Å²) >= 11 is 0. The van der Waals surface area contributed by atoms with E-state index in [1.807, 2.05) is 49.4 Å². The number of hydrogen-bond donors (Lipinski definition) is 1. The van der Waals surface area contributed by atoms with Crippen LogP contribution in [-0.4, -0.2) is 30.5 Å². The highest BCUT2D eigenvalue weighted by Gasteiger charge is 2.46. The summed E-state index contributed by atoms with van der Waals surface area (Å²) in [6, 6.07) is 17.7. The second-order valence-electron chi connectivity index (χ2n) is 7.74. The first-order valence-corrected chi connectivity index (χ1v) is 9.98. The number of benzene rings is 2. The quantitative estimate of drug-likeness (QED) is 0.804. The van der Waals surface area contributed by atoms with Gasteiger partial charge in [-0.2, -0.15) is 0 Å². The Morgan fingerprint density at radius 2 is 1.86 bits per heavy atom. The number of anilines is 1. The summed E-state index contributed by atoms with van der Waals surface area (Å²) in [5.74, 6) is 0.316. The maximum atomic E-state index is 12.9. The van der Waals surface area contributed by atoms with E-state index in [-0.39, 0.29) is 29.7 Å². The highest BCUT2D eigenvalue weighted by molar-refractivity contribution is 6.01. The third kappa shape index (κ3) is 3.88. The molecule has 0 spiro atoms. The van der Waals surface area contributed by atoms with Gasteiger partial charge >= 0.3 is 0 Å². The third-order valence-electron chi connectivity index (χ3n) is 5.58. The Bertz CT molecular complexity index is 861. The molecule has 1 heterocycles. The van der Waals surface area contributed by atoms with E-state index >= 15 is 0 Å². The van der Waals surface area contributed by atoms with Gasteiger partial charge in [-0.15, -0.1) is 0 Å². The van der Waals surface area contributed by atoms with E-state index < -0.39 is 0 Å². The zero-order chi connectivity index (χ0) is 19.6. The van der Waals surface area contributed by atoms with Crippen molar-refractivity contribution in [3.05, 3.63) is 60.2 Å². The second-order valence-corrected chi connectivity index (χ2v) is 7.74. The van der Waals surface area contributed by atoms with Gasteiger partial charge in [0, 0.05) is 18.5 Å². The molecule has 28 heavy (non-hydrogen) atoms. The lowest BCUT2D eigenvalue weighted by Gasteiger charge is -2.22. The Hall–Kier alpha value is -2.82. The highest BCUT2D eigenvalue weighted by Crippen LogP contribution is 2.40. The minimum absolute atomic E-state index is 0.0156. The summed E-state index contributed by atoms with van der Waals surface area (Å²) in [5.41, 5.74) is 1.84. The second kappa shape index (κ2) is 7.66. The number of carbonyl (C=O) groups excluding carboxylic acids is 2. The van der Waals surface area contributed by atoms with Gasteiger partial charge in [-0.25, -0.2) is 0 Å². The Balaban J connectivity index is 1.42. The Labute approximate surface area is 165 Å². The number of carbonyl (C=O) groups is 2. The van der Waals surface area contributed by atoms with Gasteiger partial charge in [0.2, 0.25) is 11.8 Å².